The zero-order valence-corrected chi connectivity index (χ0v) is 14.0. The molecule has 0 amide bonds. The van der Waals surface area contributed by atoms with E-state index in [-0.39, 0.29) is 0 Å². The predicted molar refractivity (Wildman–Crippen MR) is 90.3 cm³/mol. The number of rotatable bonds is 6. The Morgan fingerprint density at radius 3 is 2.95 bits per heavy atom. The van der Waals surface area contributed by atoms with Crippen LogP contribution in [-0.4, -0.2) is 0 Å². The number of furan rings is 1. The SMILES string of the molecule is C=C1CCCC(C)(C)C1CCC(C)=CCCc1ccoc1. The summed E-state index contributed by atoms with van der Waals surface area (Å²) < 4.78 is 5.10. The van der Waals surface area contributed by atoms with Crippen molar-refractivity contribution in [3.05, 3.63) is 48.0 Å². The second kappa shape index (κ2) is 7.15. The minimum Gasteiger partial charge on any atom is -0.472 e. The summed E-state index contributed by atoms with van der Waals surface area (Å²) in [6.45, 7) is 11.4. The van der Waals surface area contributed by atoms with Gasteiger partial charge < -0.3 is 4.42 Å². The van der Waals surface area contributed by atoms with Crippen LogP contribution < -0.4 is 0 Å². The Morgan fingerprint density at radius 1 is 1.48 bits per heavy atom. The molecule has 2 rings (SSSR count). The maximum Gasteiger partial charge on any atom is 0.0934 e. The molecule has 0 aliphatic heterocycles. The minimum atomic E-state index is 0.437. The molecule has 0 spiro atoms. The van der Waals surface area contributed by atoms with Gasteiger partial charge in [0, 0.05) is 0 Å². The largest absolute Gasteiger partial charge is 0.472 e. The topological polar surface area (TPSA) is 13.1 Å². The fraction of sp³-hybridized carbons (Fsp3) is 0.600. The maximum atomic E-state index is 5.10. The van der Waals surface area contributed by atoms with E-state index in [0.29, 0.717) is 11.3 Å². The van der Waals surface area contributed by atoms with Crippen LogP contribution in [0.1, 0.15) is 64.9 Å². The van der Waals surface area contributed by atoms with Crippen molar-refractivity contribution in [3.8, 4) is 0 Å². The summed E-state index contributed by atoms with van der Waals surface area (Å²) in [6.07, 6.45) is 14.6. The molecule has 1 aliphatic rings. The third-order valence-electron chi connectivity index (χ3n) is 5.09. The van der Waals surface area contributed by atoms with Gasteiger partial charge in [0.15, 0.2) is 0 Å². The second-order valence-electron chi connectivity index (χ2n) is 7.31. The van der Waals surface area contributed by atoms with Crippen molar-refractivity contribution in [3.63, 3.8) is 0 Å². The van der Waals surface area contributed by atoms with Gasteiger partial charge in [-0.05, 0) is 74.8 Å². The van der Waals surface area contributed by atoms with E-state index in [1.165, 1.54) is 48.8 Å². The van der Waals surface area contributed by atoms with Gasteiger partial charge >= 0.3 is 0 Å². The number of allylic oxidation sites excluding steroid dienone is 3. The molecule has 0 aromatic carbocycles. The van der Waals surface area contributed by atoms with E-state index in [1.807, 2.05) is 6.26 Å². The van der Waals surface area contributed by atoms with Gasteiger partial charge in [-0.1, -0.05) is 37.6 Å². The molecule has 0 bridgehead atoms. The van der Waals surface area contributed by atoms with E-state index in [0.717, 1.165) is 12.8 Å². The van der Waals surface area contributed by atoms with Gasteiger partial charge in [-0.2, -0.15) is 0 Å². The number of aryl methyl sites for hydroxylation is 1. The summed E-state index contributed by atoms with van der Waals surface area (Å²) in [5, 5.41) is 0. The molecule has 1 unspecified atom stereocenters. The van der Waals surface area contributed by atoms with Gasteiger partial charge in [-0.25, -0.2) is 0 Å². The second-order valence-corrected chi connectivity index (χ2v) is 7.31. The van der Waals surface area contributed by atoms with Crippen LogP contribution in [-0.2, 0) is 6.42 Å². The summed E-state index contributed by atoms with van der Waals surface area (Å²) in [5.41, 5.74) is 4.73. The van der Waals surface area contributed by atoms with Gasteiger partial charge in [-0.15, -0.1) is 0 Å². The van der Waals surface area contributed by atoms with Crippen LogP contribution >= 0.6 is 0 Å². The Labute approximate surface area is 130 Å². The van der Waals surface area contributed by atoms with Crippen molar-refractivity contribution in [2.75, 3.05) is 0 Å². The van der Waals surface area contributed by atoms with Crippen molar-refractivity contribution in [1.29, 1.82) is 0 Å². The van der Waals surface area contributed by atoms with E-state index in [4.69, 9.17) is 4.42 Å². The Bertz CT molecular complexity index is 476. The lowest BCUT2D eigenvalue weighted by Crippen LogP contribution is -2.29. The molecule has 1 atom stereocenters. The molecule has 21 heavy (non-hydrogen) atoms. The smallest absolute Gasteiger partial charge is 0.0934 e. The molecule has 1 aliphatic carbocycles. The average Bonchev–Trinajstić information content (AvgIpc) is 2.90. The standard InChI is InChI=1S/C20H30O/c1-16(7-5-9-18-12-14-21-15-18)10-11-19-17(2)8-6-13-20(19,3)4/h7,12,14-15,19H,2,5-6,8-11,13H2,1,3-4H3. The lowest BCUT2D eigenvalue weighted by molar-refractivity contribution is 0.180. The maximum absolute atomic E-state index is 5.10. The van der Waals surface area contributed by atoms with Gasteiger partial charge in [0.2, 0.25) is 0 Å². The highest BCUT2D eigenvalue weighted by atomic mass is 16.3. The summed E-state index contributed by atoms with van der Waals surface area (Å²) in [6, 6.07) is 2.05. The number of hydrogen-bond acceptors (Lipinski definition) is 1. The van der Waals surface area contributed by atoms with E-state index in [2.05, 4.69) is 39.5 Å². The first-order valence-corrected chi connectivity index (χ1v) is 8.33. The van der Waals surface area contributed by atoms with Crippen LogP contribution in [0.5, 0.6) is 0 Å². The van der Waals surface area contributed by atoms with Crippen LogP contribution in [0.3, 0.4) is 0 Å². The molecule has 1 fully saturated rings. The van der Waals surface area contributed by atoms with E-state index < -0.39 is 0 Å². The molecule has 1 saturated carbocycles. The Hall–Kier alpha value is -1.24. The first kappa shape index (κ1) is 16.1. The van der Waals surface area contributed by atoms with Crippen molar-refractivity contribution >= 4 is 0 Å². The molecule has 1 aromatic rings. The van der Waals surface area contributed by atoms with Gasteiger partial charge in [0.25, 0.3) is 0 Å². The molecule has 1 heteroatoms. The molecule has 0 saturated heterocycles. The molecule has 0 radical (unpaired) electrons. The minimum absolute atomic E-state index is 0.437. The first-order valence-electron chi connectivity index (χ1n) is 8.33. The van der Waals surface area contributed by atoms with Crippen molar-refractivity contribution in [2.45, 2.75) is 65.7 Å². The third kappa shape index (κ3) is 4.62. The predicted octanol–water partition coefficient (Wildman–Crippen LogP) is 6.32. The van der Waals surface area contributed by atoms with Crippen LogP contribution in [0.2, 0.25) is 0 Å². The lowest BCUT2D eigenvalue weighted by Gasteiger charge is -2.40. The van der Waals surface area contributed by atoms with Crippen molar-refractivity contribution in [2.24, 2.45) is 11.3 Å². The normalized spacial score (nSPS) is 22.5. The Balaban J connectivity index is 1.79. The van der Waals surface area contributed by atoms with Gasteiger partial charge in [0.1, 0.15) is 0 Å². The Kier molecular flexibility index (Phi) is 5.50. The highest BCUT2D eigenvalue weighted by Crippen LogP contribution is 2.45. The van der Waals surface area contributed by atoms with Gasteiger partial charge in [-0.3, -0.25) is 0 Å². The average molecular weight is 286 g/mol. The van der Waals surface area contributed by atoms with Crippen LogP contribution in [0.25, 0.3) is 0 Å². The van der Waals surface area contributed by atoms with Crippen molar-refractivity contribution in [1.82, 2.24) is 0 Å². The summed E-state index contributed by atoms with van der Waals surface area (Å²) in [5.74, 6) is 0.698. The van der Waals surface area contributed by atoms with Gasteiger partial charge in [0.05, 0.1) is 12.5 Å². The molecular formula is C20H30O. The van der Waals surface area contributed by atoms with Crippen LogP contribution in [0.15, 0.2) is 46.8 Å². The zero-order valence-electron chi connectivity index (χ0n) is 14.0. The number of hydrogen-bond donors (Lipinski definition) is 0. The van der Waals surface area contributed by atoms with Crippen LogP contribution in [0, 0.1) is 11.3 Å². The highest BCUT2D eigenvalue weighted by Gasteiger charge is 2.33. The molecule has 0 N–H and O–H groups in total. The molecule has 1 aromatic heterocycles. The fourth-order valence-corrected chi connectivity index (χ4v) is 3.66. The first-order chi connectivity index (χ1) is 9.99. The fourth-order valence-electron chi connectivity index (χ4n) is 3.66. The quantitative estimate of drug-likeness (QED) is 0.557. The molecule has 1 nitrogen and oxygen atoms in total. The summed E-state index contributed by atoms with van der Waals surface area (Å²) >= 11 is 0. The highest BCUT2D eigenvalue weighted by molar-refractivity contribution is 5.12. The monoisotopic (exact) mass is 286 g/mol. The molecular weight excluding hydrogens is 256 g/mol. The van der Waals surface area contributed by atoms with Crippen LogP contribution in [0.4, 0.5) is 0 Å². The lowest BCUT2D eigenvalue weighted by atomic mass is 9.65. The molecule has 1 heterocycles. The summed E-state index contributed by atoms with van der Waals surface area (Å²) in [7, 11) is 0. The zero-order chi connectivity index (χ0) is 15.3. The summed E-state index contributed by atoms with van der Waals surface area (Å²) in [4.78, 5) is 0. The third-order valence-corrected chi connectivity index (χ3v) is 5.09. The van der Waals surface area contributed by atoms with Crippen molar-refractivity contribution < 1.29 is 4.42 Å². The molecule has 116 valence electrons. The van der Waals surface area contributed by atoms with E-state index in [1.54, 1.807) is 6.26 Å². The Morgan fingerprint density at radius 2 is 2.29 bits per heavy atom. The van der Waals surface area contributed by atoms with E-state index >= 15 is 0 Å². The van der Waals surface area contributed by atoms with E-state index in [9.17, 15) is 0 Å².